The minimum Gasteiger partial charge on any atom is -0.378 e. The molecular weight excluding hydrogens is 431 g/mol. The lowest BCUT2D eigenvalue weighted by Crippen LogP contribution is -2.43. The molecule has 0 aliphatic carbocycles. The number of nitrogens with one attached hydrogen (secondary N) is 2. The van der Waals surface area contributed by atoms with E-state index >= 15 is 0 Å². The van der Waals surface area contributed by atoms with Crippen LogP contribution in [0.1, 0.15) is 35.4 Å². The van der Waals surface area contributed by atoms with Gasteiger partial charge in [0.25, 0.3) is 0 Å². The van der Waals surface area contributed by atoms with Crippen LogP contribution in [0.3, 0.4) is 0 Å². The number of ether oxygens (including phenoxy) is 1. The summed E-state index contributed by atoms with van der Waals surface area (Å²) in [6.07, 6.45) is 5.18. The lowest BCUT2D eigenvalue weighted by atomic mass is 9.89. The molecule has 2 aliphatic heterocycles. The average molecular weight is 465 g/mol. The molecule has 7 heteroatoms. The van der Waals surface area contributed by atoms with Crippen LogP contribution in [-0.4, -0.2) is 66.8 Å². The molecule has 2 amide bonds. The van der Waals surface area contributed by atoms with Gasteiger partial charge in [0.05, 0.1) is 13.2 Å². The normalized spacial score (nSPS) is 17.9. The van der Waals surface area contributed by atoms with Crippen molar-refractivity contribution in [3.63, 3.8) is 0 Å². The monoisotopic (exact) mass is 464 g/mol. The minimum atomic E-state index is -0.176. The molecule has 0 saturated carbocycles. The molecule has 2 N–H and O–H groups in total. The van der Waals surface area contributed by atoms with Crippen LogP contribution in [0.15, 0.2) is 42.6 Å². The van der Waals surface area contributed by atoms with Crippen molar-refractivity contribution in [3.8, 4) is 0 Å². The number of morpholine rings is 1. The fraction of sp³-hybridized carbons (Fsp3) is 0.444. The number of piperidine rings is 1. The average Bonchev–Trinajstić information content (AvgIpc) is 3.28. The van der Waals surface area contributed by atoms with E-state index in [1.165, 1.54) is 22.8 Å². The van der Waals surface area contributed by atoms with Crippen molar-refractivity contribution >= 4 is 22.6 Å². The van der Waals surface area contributed by atoms with E-state index < -0.39 is 0 Å². The predicted octanol–water partition coefficient (Wildman–Crippen LogP) is 4.90. The van der Waals surface area contributed by atoms with Gasteiger partial charge in [-0.1, -0.05) is 6.07 Å². The Kier molecular flexibility index (Phi) is 6.83. The number of hydrogen-bond donors (Lipinski definition) is 2. The van der Waals surface area contributed by atoms with Crippen LogP contribution in [-0.2, 0) is 11.2 Å². The molecule has 6 nitrogen and oxygen atoms in total. The highest BCUT2D eigenvalue weighted by atomic mass is 19.1. The summed E-state index contributed by atoms with van der Waals surface area (Å²) >= 11 is 0. The van der Waals surface area contributed by atoms with Gasteiger partial charge in [0.1, 0.15) is 5.82 Å². The molecule has 2 saturated heterocycles. The number of fused-ring (bicyclic) bond motifs is 1. The molecule has 0 radical (unpaired) electrons. The number of amides is 2. The van der Waals surface area contributed by atoms with Crippen LogP contribution in [0.25, 0.3) is 10.9 Å². The van der Waals surface area contributed by atoms with Crippen molar-refractivity contribution in [3.05, 3.63) is 65.1 Å². The first-order valence-electron chi connectivity index (χ1n) is 12.3. The predicted molar refractivity (Wildman–Crippen MR) is 133 cm³/mol. The zero-order valence-corrected chi connectivity index (χ0v) is 19.8. The number of H-pyrrole nitrogens is 1. The fourth-order valence-electron chi connectivity index (χ4n) is 5.19. The Morgan fingerprint density at radius 1 is 1.12 bits per heavy atom. The molecule has 0 unspecified atom stereocenters. The van der Waals surface area contributed by atoms with Gasteiger partial charge in [0.2, 0.25) is 0 Å². The second-order valence-corrected chi connectivity index (χ2v) is 9.47. The number of halogens is 1. The molecule has 0 bridgehead atoms. The highest BCUT2D eigenvalue weighted by molar-refractivity contribution is 5.89. The summed E-state index contributed by atoms with van der Waals surface area (Å²) in [4.78, 5) is 20.1. The summed E-state index contributed by atoms with van der Waals surface area (Å²) in [6, 6.07) is 11.1. The first-order valence-corrected chi connectivity index (χ1v) is 12.3. The quantitative estimate of drug-likeness (QED) is 0.565. The van der Waals surface area contributed by atoms with Gasteiger partial charge in [-0.2, -0.15) is 0 Å². The first-order chi connectivity index (χ1) is 16.6. The smallest absolute Gasteiger partial charge is 0.321 e. The Morgan fingerprint density at radius 2 is 1.91 bits per heavy atom. The van der Waals surface area contributed by atoms with E-state index in [1.54, 1.807) is 11.0 Å². The Labute approximate surface area is 200 Å². The number of aromatic amines is 1. The van der Waals surface area contributed by atoms with Crippen LogP contribution in [0, 0.1) is 12.7 Å². The van der Waals surface area contributed by atoms with Crippen LogP contribution < -0.4 is 5.32 Å². The molecule has 34 heavy (non-hydrogen) atoms. The number of urea groups is 1. The maximum absolute atomic E-state index is 13.8. The maximum atomic E-state index is 13.8. The molecule has 5 rings (SSSR count). The van der Waals surface area contributed by atoms with E-state index in [2.05, 4.69) is 40.5 Å². The van der Waals surface area contributed by atoms with E-state index in [9.17, 15) is 9.18 Å². The van der Waals surface area contributed by atoms with Crippen LogP contribution in [0.4, 0.5) is 14.9 Å². The summed E-state index contributed by atoms with van der Waals surface area (Å²) in [5.74, 6) is 0.289. The molecule has 3 heterocycles. The Morgan fingerprint density at radius 3 is 2.71 bits per heavy atom. The zero-order chi connectivity index (χ0) is 23.5. The number of carbonyl (C=O) groups is 1. The third kappa shape index (κ3) is 5.10. The van der Waals surface area contributed by atoms with Crippen LogP contribution in [0.5, 0.6) is 0 Å². The summed E-state index contributed by atoms with van der Waals surface area (Å²) in [7, 11) is 0. The number of carbonyl (C=O) groups excluding carboxylic acids is 1. The molecule has 0 spiro atoms. The van der Waals surface area contributed by atoms with Gasteiger partial charge in [-0.15, -0.1) is 0 Å². The molecule has 2 aliphatic rings. The number of hydrogen-bond acceptors (Lipinski definition) is 3. The fourth-order valence-corrected chi connectivity index (χ4v) is 5.19. The first kappa shape index (κ1) is 22.9. The Bertz CT molecular complexity index is 1150. The molecule has 1 aromatic heterocycles. The third-order valence-electron chi connectivity index (χ3n) is 7.30. The van der Waals surface area contributed by atoms with Gasteiger partial charge in [-0.05, 0) is 92.2 Å². The molecule has 0 atom stereocenters. The number of rotatable bonds is 5. The third-order valence-corrected chi connectivity index (χ3v) is 7.30. The van der Waals surface area contributed by atoms with Crippen molar-refractivity contribution in [2.45, 2.75) is 32.1 Å². The maximum Gasteiger partial charge on any atom is 0.321 e. The Hall–Kier alpha value is -2.90. The number of likely N-dealkylation sites (tertiary alicyclic amines) is 1. The summed E-state index contributed by atoms with van der Waals surface area (Å²) in [6.45, 7) is 7.67. The summed E-state index contributed by atoms with van der Waals surface area (Å²) in [5, 5.41) is 4.06. The molecule has 2 fully saturated rings. The van der Waals surface area contributed by atoms with Crippen molar-refractivity contribution in [2.75, 3.05) is 51.3 Å². The second kappa shape index (κ2) is 10.2. The molecular formula is C27H33FN4O2. The van der Waals surface area contributed by atoms with E-state index in [4.69, 9.17) is 4.74 Å². The minimum absolute atomic E-state index is 0.0580. The van der Waals surface area contributed by atoms with E-state index in [0.717, 1.165) is 55.5 Å². The largest absolute Gasteiger partial charge is 0.378 e. The molecule has 180 valence electrons. The van der Waals surface area contributed by atoms with Gasteiger partial charge in [-0.3, -0.25) is 0 Å². The van der Waals surface area contributed by atoms with Crippen molar-refractivity contribution < 1.29 is 13.9 Å². The van der Waals surface area contributed by atoms with Gasteiger partial charge < -0.3 is 24.8 Å². The number of benzene rings is 2. The second-order valence-electron chi connectivity index (χ2n) is 9.47. The summed E-state index contributed by atoms with van der Waals surface area (Å²) < 4.78 is 19.1. The number of aromatic nitrogens is 1. The number of anilines is 1. The van der Waals surface area contributed by atoms with Crippen molar-refractivity contribution in [1.29, 1.82) is 0 Å². The van der Waals surface area contributed by atoms with Gasteiger partial charge >= 0.3 is 6.03 Å². The van der Waals surface area contributed by atoms with E-state index in [-0.39, 0.29) is 11.8 Å². The van der Waals surface area contributed by atoms with E-state index in [1.807, 2.05) is 12.1 Å². The van der Waals surface area contributed by atoms with Crippen molar-refractivity contribution in [1.82, 2.24) is 14.8 Å². The molecule has 3 aromatic rings. The van der Waals surface area contributed by atoms with Gasteiger partial charge in [0, 0.05) is 42.4 Å². The standard InChI is InChI=1S/C27H33FN4O2/c1-19-2-4-23(30-27(33)32-12-14-34-15-13-32)16-21(19)8-11-31-9-6-20(7-10-31)25-18-29-26-5-3-22(28)17-24(25)26/h2-5,16-18,20,29H,6-15H2,1H3,(H,30,33). The van der Waals surface area contributed by atoms with Crippen molar-refractivity contribution in [2.24, 2.45) is 0 Å². The van der Waals surface area contributed by atoms with E-state index in [0.29, 0.717) is 32.2 Å². The number of nitrogens with zero attached hydrogens (tertiary/aromatic N) is 2. The van der Waals surface area contributed by atoms with Gasteiger partial charge in [-0.25, -0.2) is 9.18 Å². The van der Waals surface area contributed by atoms with Crippen LogP contribution >= 0.6 is 0 Å². The van der Waals surface area contributed by atoms with Crippen LogP contribution in [0.2, 0.25) is 0 Å². The SMILES string of the molecule is Cc1ccc(NC(=O)N2CCOCC2)cc1CCN1CCC(c2c[nH]c3ccc(F)cc23)CC1. The number of aryl methyl sites for hydroxylation is 1. The van der Waals surface area contributed by atoms with Gasteiger partial charge in [0.15, 0.2) is 0 Å². The summed E-state index contributed by atoms with van der Waals surface area (Å²) in [5.41, 5.74) is 5.63. The molecule has 2 aromatic carbocycles. The Balaban J connectivity index is 1.15. The zero-order valence-electron chi connectivity index (χ0n) is 19.8. The lowest BCUT2D eigenvalue weighted by molar-refractivity contribution is 0.0564. The lowest BCUT2D eigenvalue weighted by Gasteiger charge is -2.32. The topological polar surface area (TPSA) is 60.6 Å². The highest BCUT2D eigenvalue weighted by Gasteiger charge is 2.23. The highest BCUT2D eigenvalue weighted by Crippen LogP contribution is 2.33.